The Morgan fingerprint density at radius 2 is 1.55 bits per heavy atom. The zero-order chi connectivity index (χ0) is 23.0. The number of hydrogen-bond acceptors (Lipinski definition) is 4. The summed E-state index contributed by atoms with van der Waals surface area (Å²) in [7, 11) is 0. The molecule has 0 saturated carbocycles. The van der Waals surface area contributed by atoms with Crippen LogP contribution in [-0.2, 0) is 6.18 Å². The first-order valence-corrected chi connectivity index (χ1v) is 10.3. The van der Waals surface area contributed by atoms with Gasteiger partial charge in [0.15, 0.2) is 0 Å². The Balaban J connectivity index is 1.23. The van der Waals surface area contributed by atoms with Gasteiger partial charge in [0.05, 0.1) is 11.5 Å². The highest BCUT2D eigenvalue weighted by atomic mass is 19.4. The Kier molecular flexibility index (Phi) is 5.20. The van der Waals surface area contributed by atoms with Crippen molar-refractivity contribution < 1.29 is 22.5 Å². The summed E-state index contributed by atoms with van der Waals surface area (Å²) in [6.45, 7) is 0.812. The average Bonchev–Trinajstić information content (AvgIpc) is 3.28. The maximum absolute atomic E-state index is 12.9. The van der Waals surface area contributed by atoms with Crippen LogP contribution in [0.25, 0.3) is 22.5 Å². The van der Waals surface area contributed by atoms with Crippen molar-refractivity contribution in [3.8, 4) is 22.5 Å². The standard InChI is InChI=1S/C25H18F3N3O2/c26-25(27,28)21-8-4-7-19(13-21)22-29-23(33-30-22)20-14-31(15-20)24(32)18-11-9-17(10-12-18)16-5-2-1-3-6-16/h1-13,20H,14-15H2. The third-order valence-corrected chi connectivity index (χ3v) is 5.65. The van der Waals surface area contributed by atoms with Gasteiger partial charge in [0.25, 0.3) is 5.91 Å². The zero-order valence-electron chi connectivity index (χ0n) is 17.3. The summed E-state index contributed by atoms with van der Waals surface area (Å²) in [5, 5.41) is 3.82. The Morgan fingerprint density at radius 3 is 2.24 bits per heavy atom. The highest BCUT2D eigenvalue weighted by molar-refractivity contribution is 5.95. The van der Waals surface area contributed by atoms with Crippen LogP contribution < -0.4 is 0 Å². The van der Waals surface area contributed by atoms with Crippen molar-refractivity contribution in [2.24, 2.45) is 0 Å². The second kappa shape index (κ2) is 8.20. The summed E-state index contributed by atoms with van der Waals surface area (Å²) in [5.41, 5.74) is 2.15. The van der Waals surface area contributed by atoms with Gasteiger partial charge >= 0.3 is 6.18 Å². The molecule has 33 heavy (non-hydrogen) atoms. The Bertz CT molecular complexity index is 1280. The molecular formula is C25H18F3N3O2. The number of carbonyl (C=O) groups excluding carboxylic acids is 1. The molecule has 1 saturated heterocycles. The van der Waals surface area contributed by atoms with Crippen LogP contribution >= 0.6 is 0 Å². The molecule has 4 aromatic rings. The molecule has 1 aromatic heterocycles. The fraction of sp³-hybridized carbons (Fsp3) is 0.160. The second-order valence-electron chi connectivity index (χ2n) is 7.89. The molecule has 0 bridgehead atoms. The SMILES string of the molecule is O=C(c1ccc(-c2ccccc2)cc1)N1CC(c2nc(-c3cccc(C(F)(F)F)c3)no2)C1. The third-order valence-electron chi connectivity index (χ3n) is 5.65. The van der Waals surface area contributed by atoms with E-state index in [-0.39, 0.29) is 23.2 Å². The van der Waals surface area contributed by atoms with E-state index in [1.807, 2.05) is 42.5 Å². The first-order valence-electron chi connectivity index (χ1n) is 10.3. The molecule has 0 aliphatic carbocycles. The maximum atomic E-state index is 12.9. The predicted octanol–water partition coefficient (Wildman–Crippen LogP) is 5.66. The van der Waals surface area contributed by atoms with Crippen LogP contribution in [0.1, 0.15) is 27.7 Å². The van der Waals surface area contributed by atoms with E-state index in [1.54, 1.807) is 17.0 Å². The normalized spacial score (nSPS) is 14.2. The molecule has 0 spiro atoms. The Hall–Kier alpha value is -3.94. The van der Waals surface area contributed by atoms with Crippen molar-refractivity contribution in [1.29, 1.82) is 0 Å². The molecule has 5 nitrogen and oxygen atoms in total. The largest absolute Gasteiger partial charge is 0.416 e. The van der Waals surface area contributed by atoms with Gasteiger partial charge in [0.2, 0.25) is 11.7 Å². The fourth-order valence-corrected chi connectivity index (χ4v) is 3.77. The maximum Gasteiger partial charge on any atom is 0.416 e. The van der Waals surface area contributed by atoms with Crippen LogP contribution in [0.2, 0.25) is 0 Å². The summed E-state index contributed by atoms with van der Waals surface area (Å²) in [5.74, 6) is 0.163. The van der Waals surface area contributed by atoms with Gasteiger partial charge in [-0.2, -0.15) is 18.2 Å². The van der Waals surface area contributed by atoms with E-state index in [0.717, 1.165) is 23.3 Å². The van der Waals surface area contributed by atoms with Crippen LogP contribution in [0.4, 0.5) is 13.2 Å². The molecule has 3 aromatic carbocycles. The molecule has 166 valence electrons. The minimum absolute atomic E-state index is 0.0940. The third kappa shape index (κ3) is 4.24. The van der Waals surface area contributed by atoms with E-state index >= 15 is 0 Å². The van der Waals surface area contributed by atoms with Crippen LogP contribution in [0.3, 0.4) is 0 Å². The Labute approximate surface area is 187 Å². The van der Waals surface area contributed by atoms with Crippen molar-refractivity contribution in [1.82, 2.24) is 15.0 Å². The summed E-state index contributed by atoms with van der Waals surface area (Å²) >= 11 is 0. The number of likely N-dealkylation sites (tertiary alicyclic amines) is 1. The van der Waals surface area contributed by atoms with Gasteiger partial charge < -0.3 is 9.42 Å². The van der Waals surface area contributed by atoms with Gasteiger partial charge in [0, 0.05) is 24.2 Å². The van der Waals surface area contributed by atoms with Crippen LogP contribution in [-0.4, -0.2) is 34.0 Å². The lowest BCUT2D eigenvalue weighted by Crippen LogP contribution is -2.48. The van der Waals surface area contributed by atoms with E-state index in [1.165, 1.54) is 12.1 Å². The fourth-order valence-electron chi connectivity index (χ4n) is 3.77. The number of amides is 1. The molecule has 1 aliphatic heterocycles. The van der Waals surface area contributed by atoms with Crippen molar-refractivity contribution in [2.45, 2.75) is 12.1 Å². The Morgan fingerprint density at radius 1 is 0.879 bits per heavy atom. The average molecular weight is 449 g/mol. The smallest absolute Gasteiger partial charge is 0.339 e. The molecule has 2 heterocycles. The summed E-state index contributed by atoms with van der Waals surface area (Å²) in [4.78, 5) is 18.7. The van der Waals surface area contributed by atoms with Gasteiger partial charge in [-0.3, -0.25) is 4.79 Å². The topological polar surface area (TPSA) is 59.2 Å². The summed E-state index contributed by atoms with van der Waals surface area (Å²) < 4.78 is 44.1. The molecule has 8 heteroatoms. The highest BCUT2D eigenvalue weighted by Crippen LogP contribution is 2.33. The van der Waals surface area contributed by atoms with E-state index in [2.05, 4.69) is 10.1 Å². The van der Waals surface area contributed by atoms with Crippen LogP contribution in [0.15, 0.2) is 83.4 Å². The first kappa shape index (κ1) is 20.9. The summed E-state index contributed by atoms with van der Waals surface area (Å²) in [6, 6.07) is 22.1. The molecular weight excluding hydrogens is 431 g/mol. The number of nitrogens with zero attached hydrogens (tertiary/aromatic N) is 3. The molecule has 0 radical (unpaired) electrons. The highest BCUT2D eigenvalue weighted by Gasteiger charge is 2.36. The molecule has 1 fully saturated rings. The quantitative estimate of drug-likeness (QED) is 0.403. The van der Waals surface area contributed by atoms with Crippen molar-refractivity contribution >= 4 is 5.91 Å². The van der Waals surface area contributed by atoms with E-state index in [0.29, 0.717) is 24.5 Å². The number of halogens is 3. The molecule has 0 atom stereocenters. The van der Waals surface area contributed by atoms with Gasteiger partial charge in [-0.25, -0.2) is 0 Å². The van der Waals surface area contributed by atoms with Gasteiger partial charge in [0.1, 0.15) is 0 Å². The number of hydrogen-bond donors (Lipinski definition) is 0. The minimum Gasteiger partial charge on any atom is -0.339 e. The van der Waals surface area contributed by atoms with Crippen molar-refractivity contribution in [3.05, 3.63) is 95.9 Å². The number of rotatable bonds is 4. The summed E-state index contributed by atoms with van der Waals surface area (Å²) in [6.07, 6.45) is -4.45. The molecule has 0 unspecified atom stereocenters. The van der Waals surface area contributed by atoms with E-state index in [4.69, 9.17) is 4.52 Å². The van der Waals surface area contributed by atoms with E-state index in [9.17, 15) is 18.0 Å². The number of aromatic nitrogens is 2. The van der Waals surface area contributed by atoms with Crippen LogP contribution in [0.5, 0.6) is 0 Å². The molecule has 1 amide bonds. The number of carbonyl (C=O) groups is 1. The van der Waals surface area contributed by atoms with E-state index < -0.39 is 11.7 Å². The number of alkyl halides is 3. The molecule has 0 N–H and O–H groups in total. The van der Waals surface area contributed by atoms with Gasteiger partial charge in [-0.15, -0.1) is 0 Å². The minimum atomic E-state index is -4.45. The zero-order valence-corrected chi connectivity index (χ0v) is 17.3. The van der Waals surface area contributed by atoms with Crippen molar-refractivity contribution in [3.63, 3.8) is 0 Å². The lowest BCUT2D eigenvalue weighted by molar-refractivity contribution is -0.137. The monoisotopic (exact) mass is 449 g/mol. The molecule has 5 rings (SSSR count). The lowest BCUT2D eigenvalue weighted by Gasteiger charge is -2.37. The predicted molar refractivity (Wildman–Crippen MR) is 115 cm³/mol. The number of benzene rings is 3. The van der Waals surface area contributed by atoms with Crippen LogP contribution in [0, 0.1) is 0 Å². The second-order valence-corrected chi connectivity index (χ2v) is 7.89. The van der Waals surface area contributed by atoms with Gasteiger partial charge in [-0.05, 0) is 35.4 Å². The lowest BCUT2D eigenvalue weighted by atomic mass is 9.98. The molecule has 1 aliphatic rings. The van der Waals surface area contributed by atoms with Crippen molar-refractivity contribution in [2.75, 3.05) is 13.1 Å². The van der Waals surface area contributed by atoms with Gasteiger partial charge in [-0.1, -0.05) is 59.8 Å². The first-order chi connectivity index (χ1) is 15.9.